The highest BCUT2D eigenvalue weighted by molar-refractivity contribution is 5.55. The molecule has 1 aromatic rings. The van der Waals surface area contributed by atoms with Gasteiger partial charge in [-0.2, -0.15) is 0 Å². The van der Waals surface area contributed by atoms with Crippen molar-refractivity contribution in [2.45, 2.75) is 44.7 Å². The summed E-state index contributed by atoms with van der Waals surface area (Å²) in [4.78, 5) is 2.49. The zero-order valence-electron chi connectivity index (χ0n) is 12.4. The lowest BCUT2D eigenvalue weighted by Crippen LogP contribution is -2.44. The molecule has 110 valence electrons. The van der Waals surface area contributed by atoms with Crippen molar-refractivity contribution in [1.82, 2.24) is 5.32 Å². The van der Waals surface area contributed by atoms with Gasteiger partial charge in [0, 0.05) is 37.5 Å². The Morgan fingerprint density at radius 1 is 1.30 bits per heavy atom. The van der Waals surface area contributed by atoms with E-state index in [0.29, 0.717) is 24.6 Å². The lowest BCUT2D eigenvalue weighted by atomic mass is 9.80. The van der Waals surface area contributed by atoms with Gasteiger partial charge in [0.25, 0.3) is 0 Å². The average molecular weight is 274 g/mol. The Labute approximate surface area is 122 Å². The quantitative estimate of drug-likeness (QED) is 0.886. The van der Waals surface area contributed by atoms with Crippen LogP contribution in [0.3, 0.4) is 0 Å². The number of fused-ring (bicyclic) bond motifs is 1. The molecule has 20 heavy (non-hydrogen) atoms. The summed E-state index contributed by atoms with van der Waals surface area (Å²) >= 11 is 0. The molecule has 0 saturated heterocycles. The van der Waals surface area contributed by atoms with Crippen LogP contribution < -0.4 is 10.2 Å². The van der Waals surface area contributed by atoms with E-state index >= 15 is 0 Å². The Hall–Kier alpha value is -1.06. The van der Waals surface area contributed by atoms with E-state index in [1.807, 2.05) is 0 Å². The van der Waals surface area contributed by atoms with Crippen LogP contribution >= 0.6 is 0 Å². The second kappa shape index (κ2) is 6.15. The number of nitrogens with zero attached hydrogens (tertiary/aromatic N) is 1. The summed E-state index contributed by atoms with van der Waals surface area (Å²) in [5.74, 6) is 0.528. The molecular weight excluding hydrogens is 248 g/mol. The zero-order valence-corrected chi connectivity index (χ0v) is 12.4. The molecule has 1 unspecified atom stereocenters. The molecule has 3 nitrogen and oxygen atoms in total. The molecule has 1 aliphatic heterocycles. The second-order valence-corrected chi connectivity index (χ2v) is 6.22. The van der Waals surface area contributed by atoms with Crippen LogP contribution in [0.25, 0.3) is 0 Å². The van der Waals surface area contributed by atoms with Gasteiger partial charge < -0.3 is 15.3 Å². The number of hydrogen-bond donors (Lipinski definition) is 2. The maximum Gasteiger partial charge on any atom is 0.0460 e. The van der Waals surface area contributed by atoms with Gasteiger partial charge in [0.1, 0.15) is 0 Å². The number of aliphatic hydroxyl groups excluding tert-OH is 1. The Balaban J connectivity index is 1.74. The van der Waals surface area contributed by atoms with E-state index in [1.54, 1.807) is 0 Å². The first-order valence-corrected chi connectivity index (χ1v) is 8.02. The molecule has 0 bridgehead atoms. The van der Waals surface area contributed by atoms with Crippen LogP contribution in [0.1, 0.15) is 44.2 Å². The van der Waals surface area contributed by atoms with Crippen LogP contribution in [0.5, 0.6) is 0 Å². The third kappa shape index (κ3) is 2.70. The largest absolute Gasteiger partial charge is 0.396 e. The molecule has 2 N–H and O–H groups in total. The predicted molar refractivity (Wildman–Crippen MR) is 83.0 cm³/mol. The Morgan fingerprint density at radius 3 is 2.85 bits per heavy atom. The van der Waals surface area contributed by atoms with E-state index in [9.17, 15) is 0 Å². The lowest BCUT2D eigenvalue weighted by molar-refractivity contribution is 0.119. The van der Waals surface area contributed by atoms with Gasteiger partial charge in [-0.15, -0.1) is 0 Å². The minimum Gasteiger partial charge on any atom is -0.396 e. The first-order chi connectivity index (χ1) is 9.81. The maximum atomic E-state index is 9.14. The minimum atomic E-state index is 0.350. The molecule has 1 atom stereocenters. The second-order valence-electron chi connectivity index (χ2n) is 6.22. The Kier molecular flexibility index (Phi) is 4.27. The molecule has 0 amide bonds. The topological polar surface area (TPSA) is 35.5 Å². The summed E-state index contributed by atoms with van der Waals surface area (Å²) in [7, 11) is 0. The van der Waals surface area contributed by atoms with E-state index in [2.05, 4.69) is 41.4 Å². The molecule has 2 aliphatic rings. The molecule has 3 rings (SSSR count). The molecule has 0 spiro atoms. The van der Waals surface area contributed by atoms with Crippen molar-refractivity contribution in [1.29, 1.82) is 0 Å². The smallest absolute Gasteiger partial charge is 0.0460 e. The number of para-hydroxylation sites is 1. The summed E-state index contributed by atoms with van der Waals surface area (Å²) in [5.41, 5.74) is 2.86. The van der Waals surface area contributed by atoms with Crippen molar-refractivity contribution < 1.29 is 5.11 Å². The zero-order chi connectivity index (χ0) is 13.9. The highest BCUT2D eigenvalue weighted by Crippen LogP contribution is 2.35. The fourth-order valence-electron chi connectivity index (χ4n) is 3.64. The third-order valence-corrected chi connectivity index (χ3v) is 4.89. The van der Waals surface area contributed by atoms with Crippen molar-refractivity contribution in [2.24, 2.45) is 5.92 Å². The molecule has 1 aromatic carbocycles. The fraction of sp³-hybridized carbons (Fsp3) is 0.647. The number of nitrogens with one attached hydrogen (secondary N) is 1. The van der Waals surface area contributed by atoms with Gasteiger partial charge in [-0.3, -0.25) is 0 Å². The number of hydrogen-bond acceptors (Lipinski definition) is 3. The number of anilines is 1. The Morgan fingerprint density at radius 2 is 2.10 bits per heavy atom. The summed E-state index contributed by atoms with van der Waals surface area (Å²) in [6.45, 7) is 4.83. The van der Waals surface area contributed by atoms with E-state index < -0.39 is 0 Å². The fourth-order valence-corrected chi connectivity index (χ4v) is 3.64. The summed E-state index contributed by atoms with van der Waals surface area (Å²) in [6.07, 6.45) is 4.73. The molecular formula is C17H26N2O. The lowest BCUT2D eigenvalue weighted by Gasteiger charge is -2.37. The van der Waals surface area contributed by atoms with Crippen LogP contribution in [0.2, 0.25) is 0 Å². The first-order valence-electron chi connectivity index (χ1n) is 8.02. The standard InChI is InChI=1S/C17H26N2O/c1-2-19-9-5-7-16(15-6-3-4-8-17(15)19)18-14-10-13(11-14)12-20/h3-4,6,8,13-14,16,18,20H,2,5,7,9-12H2,1H3. The monoisotopic (exact) mass is 274 g/mol. The van der Waals surface area contributed by atoms with E-state index in [0.717, 1.165) is 25.9 Å². The summed E-state index contributed by atoms with van der Waals surface area (Å²) in [6, 6.07) is 9.92. The molecule has 1 fully saturated rings. The van der Waals surface area contributed by atoms with Gasteiger partial charge in [-0.1, -0.05) is 18.2 Å². The van der Waals surface area contributed by atoms with Crippen LogP contribution in [-0.4, -0.2) is 30.8 Å². The molecule has 0 aromatic heterocycles. The third-order valence-electron chi connectivity index (χ3n) is 4.89. The highest BCUT2D eigenvalue weighted by Gasteiger charge is 2.31. The summed E-state index contributed by atoms with van der Waals surface area (Å²) < 4.78 is 0. The van der Waals surface area contributed by atoms with Gasteiger partial charge in [0.05, 0.1) is 0 Å². The van der Waals surface area contributed by atoms with Crippen LogP contribution in [0.4, 0.5) is 5.69 Å². The van der Waals surface area contributed by atoms with E-state index in [4.69, 9.17) is 5.11 Å². The van der Waals surface area contributed by atoms with Crippen LogP contribution in [-0.2, 0) is 0 Å². The maximum absolute atomic E-state index is 9.14. The normalized spacial score (nSPS) is 29.5. The molecule has 0 radical (unpaired) electrons. The van der Waals surface area contributed by atoms with Crippen LogP contribution in [0, 0.1) is 5.92 Å². The van der Waals surface area contributed by atoms with Gasteiger partial charge in [-0.05, 0) is 50.2 Å². The number of aliphatic hydroxyl groups is 1. The van der Waals surface area contributed by atoms with Crippen molar-refractivity contribution >= 4 is 5.69 Å². The highest BCUT2D eigenvalue weighted by atomic mass is 16.3. The van der Waals surface area contributed by atoms with Crippen molar-refractivity contribution in [2.75, 3.05) is 24.6 Å². The van der Waals surface area contributed by atoms with Gasteiger partial charge in [0.2, 0.25) is 0 Å². The van der Waals surface area contributed by atoms with Crippen molar-refractivity contribution in [3.8, 4) is 0 Å². The van der Waals surface area contributed by atoms with E-state index in [1.165, 1.54) is 24.1 Å². The van der Waals surface area contributed by atoms with Gasteiger partial charge in [0.15, 0.2) is 0 Å². The first kappa shape index (κ1) is 13.9. The van der Waals surface area contributed by atoms with Gasteiger partial charge in [-0.25, -0.2) is 0 Å². The predicted octanol–water partition coefficient (Wildman–Crippen LogP) is 2.71. The Bertz CT molecular complexity index is 442. The average Bonchev–Trinajstić information content (AvgIpc) is 2.62. The van der Waals surface area contributed by atoms with E-state index in [-0.39, 0.29) is 0 Å². The van der Waals surface area contributed by atoms with Crippen molar-refractivity contribution in [3.63, 3.8) is 0 Å². The minimum absolute atomic E-state index is 0.350. The SMILES string of the molecule is CCN1CCCC(NC2CC(CO)C2)c2ccccc21. The van der Waals surface area contributed by atoms with Crippen molar-refractivity contribution in [3.05, 3.63) is 29.8 Å². The molecule has 3 heteroatoms. The molecule has 1 heterocycles. The van der Waals surface area contributed by atoms with Gasteiger partial charge >= 0.3 is 0 Å². The molecule has 1 aliphatic carbocycles. The summed E-state index contributed by atoms with van der Waals surface area (Å²) in [5, 5.41) is 13.0. The molecule has 1 saturated carbocycles. The number of rotatable bonds is 4. The number of benzene rings is 1. The van der Waals surface area contributed by atoms with Crippen LogP contribution in [0.15, 0.2) is 24.3 Å².